The number of benzene rings is 2. The maximum absolute atomic E-state index is 5.99. The molecule has 0 fully saturated rings. The summed E-state index contributed by atoms with van der Waals surface area (Å²) in [6, 6.07) is 11.0. The summed E-state index contributed by atoms with van der Waals surface area (Å²) >= 11 is 11.9. The molecule has 3 N–H and O–H groups in total. The fourth-order valence-electron chi connectivity index (χ4n) is 1.71. The summed E-state index contributed by atoms with van der Waals surface area (Å²) in [6.45, 7) is 3.98. The highest BCUT2D eigenvalue weighted by atomic mass is 35.5. The van der Waals surface area contributed by atoms with Crippen LogP contribution in [0.1, 0.15) is 13.8 Å². The van der Waals surface area contributed by atoms with E-state index in [9.17, 15) is 0 Å². The molecule has 0 bridgehead atoms. The number of anilines is 3. The predicted octanol–water partition coefficient (Wildman–Crippen LogP) is 5.11. The summed E-state index contributed by atoms with van der Waals surface area (Å²) in [5.41, 5.74) is 8.06. The molecule has 0 heterocycles. The molecular formula is C15H16Cl2N2O. The van der Waals surface area contributed by atoms with E-state index in [2.05, 4.69) is 5.32 Å². The predicted molar refractivity (Wildman–Crippen MR) is 86.4 cm³/mol. The highest BCUT2D eigenvalue weighted by molar-refractivity contribution is 6.42. The van der Waals surface area contributed by atoms with Crippen LogP contribution in [0, 0.1) is 0 Å². The van der Waals surface area contributed by atoms with Crippen LogP contribution in [0.25, 0.3) is 0 Å². The molecule has 0 atom stereocenters. The van der Waals surface area contributed by atoms with Crippen LogP contribution in [0.15, 0.2) is 36.4 Å². The van der Waals surface area contributed by atoms with E-state index in [1.807, 2.05) is 38.1 Å². The van der Waals surface area contributed by atoms with Crippen molar-refractivity contribution in [2.75, 3.05) is 11.1 Å². The zero-order valence-corrected chi connectivity index (χ0v) is 12.8. The molecule has 0 aliphatic rings. The first kappa shape index (κ1) is 14.8. The fourth-order valence-corrected chi connectivity index (χ4v) is 2.05. The Bertz CT molecular complexity index is 598. The van der Waals surface area contributed by atoms with Crippen LogP contribution in [-0.4, -0.2) is 6.10 Å². The Morgan fingerprint density at radius 2 is 1.65 bits per heavy atom. The van der Waals surface area contributed by atoms with Gasteiger partial charge in [0.15, 0.2) is 0 Å². The van der Waals surface area contributed by atoms with Crippen LogP contribution in [0.5, 0.6) is 5.75 Å². The topological polar surface area (TPSA) is 47.3 Å². The molecule has 0 aliphatic heterocycles. The third kappa shape index (κ3) is 3.71. The van der Waals surface area contributed by atoms with Gasteiger partial charge in [-0.15, -0.1) is 0 Å². The molecule has 0 saturated heterocycles. The number of hydrogen-bond donors (Lipinski definition) is 2. The van der Waals surface area contributed by atoms with E-state index in [4.69, 9.17) is 33.7 Å². The zero-order valence-electron chi connectivity index (χ0n) is 11.3. The average molecular weight is 311 g/mol. The Morgan fingerprint density at radius 1 is 1.05 bits per heavy atom. The molecule has 0 unspecified atom stereocenters. The molecule has 0 saturated carbocycles. The molecular weight excluding hydrogens is 295 g/mol. The van der Waals surface area contributed by atoms with Crippen molar-refractivity contribution >= 4 is 40.3 Å². The summed E-state index contributed by atoms with van der Waals surface area (Å²) in [5, 5.41) is 4.10. The van der Waals surface area contributed by atoms with Crippen LogP contribution in [0.3, 0.4) is 0 Å². The van der Waals surface area contributed by atoms with E-state index in [0.29, 0.717) is 15.7 Å². The largest absolute Gasteiger partial charge is 0.491 e. The van der Waals surface area contributed by atoms with Gasteiger partial charge in [-0.2, -0.15) is 0 Å². The molecule has 0 aromatic heterocycles. The van der Waals surface area contributed by atoms with Gasteiger partial charge in [-0.05, 0) is 50.2 Å². The molecule has 0 radical (unpaired) electrons. The van der Waals surface area contributed by atoms with Gasteiger partial charge in [0.05, 0.1) is 27.5 Å². The van der Waals surface area contributed by atoms with Crippen molar-refractivity contribution in [2.45, 2.75) is 20.0 Å². The second-order valence-corrected chi connectivity index (χ2v) is 5.48. The number of hydrogen-bond acceptors (Lipinski definition) is 3. The lowest BCUT2D eigenvalue weighted by molar-refractivity contribution is 0.242. The van der Waals surface area contributed by atoms with Gasteiger partial charge in [0.25, 0.3) is 0 Å². The summed E-state index contributed by atoms with van der Waals surface area (Å²) in [4.78, 5) is 0. The molecule has 0 spiro atoms. The van der Waals surface area contributed by atoms with Gasteiger partial charge < -0.3 is 15.8 Å². The van der Waals surface area contributed by atoms with Crippen LogP contribution >= 0.6 is 23.2 Å². The van der Waals surface area contributed by atoms with E-state index in [1.54, 1.807) is 12.1 Å². The number of halogens is 2. The first-order chi connectivity index (χ1) is 9.45. The summed E-state index contributed by atoms with van der Waals surface area (Å²) in [7, 11) is 0. The first-order valence-corrected chi connectivity index (χ1v) is 6.99. The fraction of sp³-hybridized carbons (Fsp3) is 0.200. The lowest BCUT2D eigenvalue weighted by Gasteiger charge is -2.13. The molecule has 2 rings (SSSR count). The second kappa shape index (κ2) is 6.25. The molecule has 20 heavy (non-hydrogen) atoms. The van der Waals surface area contributed by atoms with Gasteiger partial charge in [0.1, 0.15) is 5.75 Å². The Hall–Kier alpha value is -1.58. The Kier molecular flexibility index (Phi) is 4.63. The van der Waals surface area contributed by atoms with E-state index < -0.39 is 0 Å². The van der Waals surface area contributed by atoms with Gasteiger partial charge >= 0.3 is 0 Å². The van der Waals surface area contributed by atoms with Crippen LogP contribution in [0.4, 0.5) is 17.1 Å². The van der Waals surface area contributed by atoms with Crippen LogP contribution in [0.2, 0.25) is 10.0 Å². The van der Waals surface area contributed by atoms with Crippen molar-refractivity contribution in [3.05, 3.63) is 46.4 Å². The molecule has 106 valence electrons. The van der Waals surface area contributed by atoms with Crippen molar-refractivity contribution in [1.82, 2.24) is 0 Å². The van der Waals surface area contributed by atoms with E-state index in [0.717, 1.165) is 17.1 Å². The molecule has 5 heteroatoms. The number of nitrogens with one attached hydrogen (secondary N) is 1. The standard InChI is InChI=1S/C15H16Cl2N2O/c1-9(2)20-11-5-3-10(4-6-11)19-15-8-13(17)12(16)7-14(15)18/h3-9,19H,18H2,1-2H3. The molecule has 0 amide bonds. The Morgan fingerprint density at radius 3 is 2.25 bits per heavy atom. The van der Waals surface area contributed by atoms with Gasteiger partial charge in [0, 0.05) is 5.69 Å². The lowest BCUT2D eigenvalue weighted by atomic mass is 10.2. The molecule has 3 nitrogen and oxygen atoms in total. The maximum atomic E-state index is 5.99. The summed E-state index contributed by atoms with van der Waals surface area (Å²) in [6.07, 6.45) is 0.152. The summed E-state index contributed by atoms with van der Waals surface area (Å²) < 4.78 is 5.59. The van der Waals surface area contributed by atoms with Gasteiger partial charge in [-0.1, -0.05) is 23.2 Å². The quantitative estimate of drug-likeness (QED) is 0.772. The monoisotopic (exact) mass is 310 g/mol. The third-order valence-corrected chi connectivity index (χ3v) is 3.32. The van der Waals surface area contributed by atoms with Gasteiger partial charge in [-0.25, -0.2) is 0 Å². The molecule has 2 aromatic rings. The maximum Gasteiger partial charge on any atom is 0.119 e. The number of nitrogen functional groups attached to an aromatic ring is 1. The van der Waals surface area contributed by atoms with Crippen molar-refractivity contribution < 1.29 is 4.74 Å². The highest BCUT2D eigenvalue weighted by Crippen LogP contribution is 2.32. The third-order valence-electron chi connectivity index (χ3n) is 2.60. The van der Waals surface area contributed by atoms with Crippen molar-refractivity contribution in [2.24, 2.45) is 0 Å². The van der Waals surface area contributed by atoms with Crippen LogP contribution < -0.4 is 15.8 Å². The van der Waals surface area contributed by atoms with E-state index >= 15 is 0 Å². The van der Waals surface area contributed by atoms with Crippen molar-refractivity contribution in [3.63, 3.8) is 0 Å². The van der Waals surface area contributed by atoms with Crippen LogP contribution in [-0.2, 0) is 0 Å². The highest BCUT2D eigenvalue weighted by Gasteiger charge is 2.06. The zero-order chi connectivity index (χ0) is 14.7. The van der Waals surface area contributed by atoms with Crippen molar-refractivity contribution in [1.29, 1.82) is 0 Å². The minimum atomic E-state index is 0.152. The van der Waals surface area contributed by atoms with E-state index in [1.165, 1.54) is 0 Å². The molecule has 2 aromatic carbocycles. The normalized spacial score (nSPS) is 10.7. The Balaban J connectivity index is 2.16. The number of nitrogens with two attached hydrogens (primary N) is 1. The lowest BCUT2D eigenvalue weighted by Crippen LogP contribution is -2.05. The van der Waals surface area contributed by atoms with Crippen molar-refractivity contribution in [3.8, 4) is 5.75 Å². The van der Waals surface area contributed by atoms with Gasteiger partial charge in [0.2, 0.25) is 0 Å². The van der Waals surface area contributed by atoms with E-state index in [-0.39, 0.29) is 6.10 Å². The average Bonchev–Trinajstić information content (AvgIpc) is 2.37. The number of rotatable bonds is 4. The minimum absolute atomic E-state index is 0.152. The molecule has 0 aliphatic carbocycles. The summed E-state index contributed by atoms with van der Waals surface area (Å²) in [5.74, 6) is 0.827. The number of ether oxygens (including phenoxy) is 1. The SMILES string of the molecule is CC(C)Oc1ccc(Nc2cc(Cl)c(Cl)cc2N)cc1. The minimum Gasteiger partial charge on any atom is -0.491 e. The second-order valence-electron chi connectivity index (χ2n) is 4.67. The smallest absolute Gasteiger partial charge is 0.119 e. The van der Waals surface area contributed by atoms with Gasteiger partial charge in [-0.3, -0.25) is 0 Å². The first-order valence-electron chi connectivity index (χ1n) is 6.24. The Labute approximate surface area is 128 Å².